The van der Waals surface area contributed by atoms with E-state index in [0.29, 0.717) is 13.1 Å². The number of aliphatic hydroxyl groups excluding tert-OH is 1. The third-order valence-corrected chi connectivity index (χ3v) is 4.81. The van der Waals surface area contributed by atoms with Gasteiger partial charge in [-0.15, -0.1) is 11.3 Å². The Morgan fingerprint density at radius 1 is 1.33 bits per heavy atom. The fourth-order valence-corrected chi connectivity index (χ4v) is 3.41. The van der Waals surface area contributed by atoms with E-state index in [1.165, 1.54) is 10.1 Å². The monoisotopic (exact) mass is 302 g/mol. The van der Waals surface area contributed by atoms with Crippen molar-refractivity contribution in [3.8, 4) is 0 Å². The molecule has 0 aliphatic carbocycles. The smallest absolute Gasteiger partial charge is 0.138 e. The molecule has 1 aromatic carbocycles. The Labute approximate surface area is 127 Å². The van der Waals surface area contributed by atoms with Gasteiger partial charge < -0.3 is 14.9 Å². The van der Waals surface area contributed by atoms with Crippen LogP contribution in [-0.4, -0.2) is 16.8 Å². The SMILES string of the molecule is Cc1noc(C)c1CNCC(O)c1cc2ccccc2s1. The topological polar surface area (TPSA) is 58.3 Å². The van der Waals surface area contributed by atoms with Gasteiger partial charge in [-0.1, -0.05) is 23.4 Å². The van der Waals surface area contributed by atoms with Gasteiger partial charge in [-0.2, -0.15) is 0 Å². The van der Waals surface area contributed by atoms with Crippen LogP contribution in [-0.2, 0) is 6.54 Å². The molecule has 0 amide bonds. The second kappa shape index (κ2) is 5.97. The van der Waals surface area contributed by atoms with Crippen LogP contribution in [0.1, 0.15) is 28.0 Å². The molecule has 0 saturated carbocycles. The van der Waals surface area contributed by atoms with Crippen molar-refractivity contribution >= 4 is 21.4 Å². The van der Waals surface area contributed by atoms with E-state index < -0.39 is 6.10 Å². The number of rotatable bonds is 5. The maximum atomic E-state index is 10.3. The Hall–Kier alpha value is -1.69. The van der Waals surface area contributed by atoms with Crippen LogP contribution in [0, 0.1) is 13.8 Å². The molecule has 0 aliphatic heterocycles. The fraction of sp³-hybridized carbons (Fsp3) is 0.312. The number of nitrogens with zero attached hydrogens (tertiary/aromatic N) is 1. The average Bonchev–Trinajstić information content (AvgIpc) is 3.04. The van der Waals surface area contributed by atoms with Crippen molar-refractivity contribution in [2.75, 3.05) is 6.54 Å². The van der Waals surface area contributed by atoms with E-state index in [9.17, 15) is 5.11 Å². The van der Waals surface area contributed by atoms with Crippen LogP contribution in [0.5, 0.6) is 0 Å². The highest BCUT2D eigenvalue weighted by molar-refractivity contribution is 7.19. The van der Waals surface area contributed by atoms with Crippen LogP contribution < -0.4 is 5.32 Å². The van der Waals surface area contributed by atoms with Crippen molar-refractivity contribution in [3.05, 3.63) is 52.2 Å². The molecule has 5 heteroatoms. The van der Waals surface area contributed by atoms with Crippen LogP contribution in [0.3, 0.4) is 0 Å². The molecule has 3 rings (SSSR count). The number of thiophene rings is 1. The molecule has 2 aromatic heterocycles. The van der Waals surface area contributed by atoms with E-state index in [-0.39, 0.29) is 0 Å². The summed E-state index contributed by atoms with van der Waals surface area (Å²) in [5, 5.41) is 18.7. The van der Waals surface area contributed by atoms with Crippen molar-refractivity contribution in [1.29, 1.82) is 0 Å². The molecule has 3 aromatic rings. The summed E-state index contributed by atoms with van der Waals surface area (Å²) in [6.07, 6.45) is -0.497. The molecule has 21 heavy (non-hydrogen) atoms. The molecule has 4 nitrogen and oxygen atoms in total. The first kappa shape index (κ1) is 14.3. The predicted octanol–water partition coefficient (Wildman–Crippen LogP) is 3.33. The van der Waals surface area contributed by atoms with Gasteiger partial charge in [-0.05, 0) is 31.4 Å². The largest absolute Gasteiger partial charge is 0.386 e. The summed E-state index contributed by atoms with van der Waals surface area (Å²) < 4.78 is 6.33. The number of aromatic nitrogens is 1. The molecular formula is C16H18N2O2S. The Morgan fingerprint density at radius 2 is 2.14 bits per heavy atom. The number of benzene rings is 1. The molecule has 0 radical (unpaired) electrons. The number of aryl methyl sites for hydroxylation is 2. The van der Waals surface area contributed by atoms with E-state index in [1.807, 2.05) is 26.0 Å². The van der Waals surface area contributed by atoms with Crippen LogP contribution in [0.4, 0.5) is 0 Å². The Kier molecular flexibility index (Phi) is 4.05. The fourth-order valence-electron chi connectivity index (χ4n) is 2.36. The summed E-state index contributed by atoms with van der Waals surface area (Å²) in [4.78, 5) is 0.988. The van der Waals surface area contributed by atoms with Crippen LogP contribution in [0.15, 0.2) is 34.9 Å². The number of aliphatic hydroxyl groups is 1. The van der Waals surface area contributed by atoms with Crippen molar-refractivity contribution < 1.29 is 9.63 Å². The van der Waals surface area contributed by atoms with Crippen molar-refractivity contribution in [2.45, 2.75) is 26.5 Å². The van der Waals surface area contributed by atoms with Crippen molar-refractivity contribution in [2.24, 2.45) is 0 Å². The van der Waals surface area contributed by atoms with Crippen LogP contribution in [0.25, 0.3) is 10.1 Å². The predicted molar refractivity (Wildman–Crippen MR) is 84.5 cm³/mol. The number of fused-ring (bicyclic) bond motifs is 1. The maximum Gasteiger partial charge on any atom is 0.138 e. The summed E-state index contributed by atoms with van der Waals surface area (Å²) in [7, 11) is 0. The van der Waals surface area contributed by atoms with Crippen LogP contribution >= 0.6 is 11.3 Å². The van der Waals surface area contributed by atoms with Gasteiger partial charge in [0.05, 0.1) is 5.69 Å². The van der Waals surface area contributed by atoms with E-state index in [2.05, 4.69) is 28.7 Å². The van der Waals surface area contributed by atoms with E-state index >= 15 is 0 Å². The minimum atomic E-state index is -0.497. The van der Waals surface area contributed by atoms with E-state index in [0.717, 1.165) is 21.9 Å². The summed E-state index contributed by atoms with van der Waals surface area (Å²) in [5.41, 5.74) is 1.97. The lowest BCUT2D eigenvalue weighted by Crippen LogP contribution is -2.21. The highest BCUT2D eigenvalue weighted by Gasteiger charge is 2.13. The molecule has 0 fully saturated rings. The Bertz CT molecular complexity index is 695. The van der Waals surface area contributed by atoms with E-state index in [4.69, 9.17) is 4.52 Å². The zero-order valence-electron chi connectivity index (χ0n) is 12.1. The summed E-state index contributed by atoms with van der Waals surface area (Å²) in [6.45, 7) is 5.00. The third kappa shape index (κ3) is 3.00. The number of hydrogen-bond acceptors (Lipinski definition) is 5. The number of hydrogen-bond donors (Lipinski definition) is 2. The summed E-state index contributed by atoms with van der Waals surface area (Å²) >= 11 is 1.64. The molecule has 110 valence electrons. The highest BCUT2D eigenvalue weighted by Crippen LogP contribution is 2.29. The van der Waals surface area contributed by atoms with Gasteiger partial charge in [-0.25, -0.2) is 0 Å². The summed E-state index contributed by atoms with van der Waals surface area (Å²) in [6, 6.07) is 10.2. The quantitative estimate of drug-likeness (QED) is 0.759. The van der Waals surface area contributed by atoms with Gasteiger partial charge in [0, 0.05) is 28.2 Å². The lowest BCUT2D eigenvalue weighted by molar-refractivity contribution is 0.178. The zero-order valence-corrected chi connectivity index (χ0v) is 12.9. The molecule has 1 unspecified atom stereocenters. The first-order valence-electron chi connectivity index (χ1n) is 6.94. The Morgan fingerprint density at radius 3 is 2.86 bits per heavy atom. The average molecular weight is 302 g/mol. The second-order valence-electron chi connectivity index (χ2n) is 5.14. The molecular weight excluding hydrogens is 284 g/mol. The molecule has 2 N–H and O–H groups in total. The summed E-state index contributed by atoms with van der Waals surface area (Å²) in [5.74, 6) is 0.830. The maximum absolute atomic E-state index is 10.3. The van der Waals surface area contributed by atoms with Crippen LogP contribution in [0.2, 0.25) is 0 Å². The molecule has 0 spiro atoms. The Balaban J connectivity index is 1.62. The first-order chi connectivity index (χ1) is 10.1. The first-order valence-corrected chi connectivity index (χ1v) is 7.76. The lowest BCUT2D eigenvalue weighted by Gasteiger charge is -2.09. The number of nitrogens with one attached hydrogen (secondary N) is 1. The molecule has 2 heterocycles. The third-order valence-electron chi connectivity index (χ3n) is 3.59. The van der Waals surface area contributed by atoms with Crippen molar-refractivity contribution in [1.82, 2.24) is 10.5 Å². The minimum Gasteiger partial charge on any atom is -0.386 e. The van der Waals surface area contributed by atoms with Gasteiger partial charge in [-0.3, -0.25) is 0 Å². The zero-order chi connectivity index (χ0) is 14.8. The molecule has 0 bridgehead atoms. The normalized spacial score (nSPS) is 12.9. The lowest BCUT2D eigenvalue weighted by atomic mass is 10.2. The second-order valence-corrected chi connectivity index (χ2v) is 6.25. The molecule has 0 aliphatic rings. The minimum absolute atomic E-state index is 0.497. The highest BCUT2D eigenvalue weighted by atomic mass is 32.1. The van der Waals surface area contributed by atoms with Gasteiger partial charge in [0.15, 0.2) is 0 Å². The molecule has 0 saturated heterocycles. The standard InChI is InChI=1S/C16H18N2O2S/c1-10-13(11(2)20-18-10)8-17-9-14(19)16-7-12-5-3-4-6-15(12)21-16/h3-7,14,17,19H,8-9H2,1-2H3. The van der Waals surface area contributed by atoms with Gasteiger partial charge >= 0.3 is 0 Å². The van der Waals surface area contributed by atoms with Gasteiger partial charge in [0.2, 0.25) is 0 Å². The van der Waals surface area contributed by atoms with E-state index in [1.54, 1.807) is 11.3 Å². The van der Waals surface area contributed by atoms with Gasteiger partial charge in [0.25, 0.3) is 0 Å². The molecule has 1 atom stereocenters. The van der Waals surface area contributed by atoms with Gasteiger partial charge in [0.1, 0.15) is 11.9 Å². The van der Waals surface area contributed by atoms with Crippen molar-refractivity contribution in [3.63, 3.8) is 0 Å².